The normalized spacial score (nSPS) is 36.4. The van der Waals surface area contributed by atoms with Gasteiger partial charge in [-0.05, 0) is 26.2 Å². The number of thioether (sulfide) groups is 1. The summed E-state index contributed by atoms with van der Waals surface area (Å²) in [6, 6.07) is -0.475. The van der Waals surface area contributed by atoms with Gasteiger partial charge >= 0.3 is 5.97 Å². The molecule has 4 atom stereocenters. The molecule has 0 aromatic heterocycles. The van der Waals surface area contributed by atoms with Gasteiger partial charge in [0.2, 0.25) is 0 Å². The van der Waals surface area contributed by atoms with Crippen LogP contribution in [0.25, 0.3) is 0 Å². The van der Waals surface area contributed by atoms with E-state index in [1.807, 2.05) is 6.92 Å². The van der Waals surface area contributed by atoms with Crippen LogP contribution in [0.5, 0.6) is 0 Å². The van der Waals surface area contributed by atoms with E-state index in [9.17, 15) is 14.7 Å². The largest absolute Gasteiger partial charge is 0.459 e. The summed E-state index contributed by atoms with van der Waals surface area (Å²) >= 11 is 1.15. The molecule has 2 bridgehead atoms. The zero-order valence-electron chi connectivity index (χ0n) is 16.8. The topological polar surface area (TPSA) is 84.9 Å². The quantitative estimate of drug-likeness (QED) is 0.633. The molecule has 1 amide bonds. The van der Waals surface area contributed by atoms with Crippen molar-refractivity contribution >= 4 is 23.0 Å². The molecule has 0 saturated carbocycles. The average molecular weight is 412 g/mol. The van der Waals surface area contributed by atoms with Gasteiger partial charge in [0.15, 0.2) is 5.79 Å². The Morgan fingerprint density at radius 3 is 2.54 bits per heavy atom. The van der Waals surface area contributed by atoms with E-state index in [0.717, 1.165) is 49.4 Å². The van der Waals surface area contributed by atoms with Crippen LogP contribution >= 0.6 is 11.8 Å². The van der Waals surface area contributed by atoms with Crippen molar-refractivity contribution in [1.82, 2.24) is 5.32 Å². The molecule has 3 rings (SSSR count). The standard InChI is InChI=1S/C21H33NO5S/c1-15-9-7-5-3-2-4-6-8-10-16-12-17(26-19(23)11-15)13-21(25,27-16)18-14-28-20(24)22-18/h11,16-18,25H,2-10,12-14H2,1H3,(H,22,24)/t16?,17-,18+,21-/m1/s1. The van der Waals surface area contributed by atoms with Crippen LogP contribution in [0.1, 0.15) is 77.6 Å². The molecular formula is C21H33NO5S. The van der Waals surface area contributed by atoms with Crippen molar-refractivity contribution in [3.63, 3.8) is 0 Å². The minimum absolute atomic E-state index is 0.147. The average Bonchev–Trinajstić information content (AvgIpc) is 3.06. The van der Waals surface area contributed by atoms with Crippen molar-refractivity contribution in [3.8, 4) is 0 Å². The van der Waals surface area contributed by atoms with E-state index >= 15 is 0 Å². The van der Waals surface area contributed by atoms with Crippen LogP contribution in [0.2, 0.25) is 0 Å². The molecule has 7 heteroatoms. The van der Waals surface area contributed by atoms with Gasteiger partial charge < -0.3 is 19.9 Å². The van der Waals surface area contributed by atoms with Gasteiger partial charge in [0.05, 0.1) is 12.1 Å². The molecule has 0 aliphatic carbocycles. The summed E-state index contributed by atoms with van der Waals surface area (Å²) in [5.41, 5.74) is 1.04. The Hall–Kier alpha value is -1.05. The molecule has 0 spiro atoms. The summed E-state index contributed by atoms with van der Waals surface area (Å²) in [4.78, 5) is 24.0. The van der Waals surface area contributed by atoms with Crippen LogP contribution in [0.3, 0.4) is 0 Å². The summed E-state index contributed by atoms with van der Waals surface area (Å²) in [5.74, 6) is -1.37. The Kier molecular flexibility index (Phi) is 7.83. The van der Waals surface area contributed by atoms with Crippen molar-refractivity contribution in [2.24, 2.45) is 0 Å². The minimum Gasteiger partial charge on any atom is -0.459 e. The molecule has 6 nitrogen and oxygen atoms in total. The fourth-order valence-electron chi connectivity index (χ4n) is 4.34. The van der Waals surface area contributed by atoms with Gasteiger partial charge in [0.25, 0.3) is 5.24 Å². The first kappa shape index (κ1) is 21.7. The molecule has 3 aliphatic rings. The number of carbonyl (C=O) groups excluding carboxylic acids is 2. The zero-order valence-corrected chi connectivity index (χ0v) is 17.6. The number of esters is 1. The lowest BCUT2D eigenvalue weighted by Gasteiger charge is -2.43. The molecule has 2 fully saturated rings. The second-order valence-corrected chi connectivity index (χ2v) is 9.38. The van der Waals surface area contributed by atoms with Crippen molar-refractivity contribution in [2.75, 3.05) is 5.75 Å². The highest BCUT2D eigenvalue weighted by atomic mass is 32.2. The van der Waals surface area contributed by atoms with E-state index in [-0.39, 0.29) is 23.7 Å². The molecule has 158 valence electrons. The molecule has 3 aliphatic heterocycles. The third-order valence-corrected chi connectivity index (χ3v) is 6.76. The number of allylic oxidation sites excluding steroid dienone is 1. The predicted octanol–water partition coefficient (Wildman–Crippen LogP) is 4.06. The fourth-order valence-corrected chi connectivity index (χ4v) is 5.22. The lowest BCUT2D eigenvalue weighted by molar-refractivity contribution is -0.283. The van der Waals surface area contributed by atoms with Crippen LogP contribution in [0.4, 0.5) is 4.79 Å². The van der Waals surface area contributed by atoms with E-state index in [4.69, 9.17) is 9.47 Å². The van der Waals surface area contributed by atoms with E-state index in [1.165, 1.54) is 25.7 Å². The third-order valence-electron chi connectivity index (χ3n) is 5.88. The highest BCUT2D eigenvalue weighted by molar-refractivity contribution is 8.14. The van der Waals surface area contributed by atoms with Crippen LogP contribution in [-0.4, -0.2) is 46.1 Å². The van der Waals surface area contributed by atoms with Gasteiger partial charge in [-0.1, -0.05) is 55.9 Å². The number of amides is 1. The summed E-state index contributed by atoms with van der Waals surface area (Å²) in [5, 5.41) is 13.8. The van der Waals surface area contributed by atoms with Gasteiger partial charge in [-0.25, -0.2) is 4.79 Å². The minimum atomic E-state index is -1.49. The molecular weight excluding hydrogens is 378 g/mol. The Morgan fingerprint density at radius 1 is 1.11 bits per heavy atom. The SMILES string of the molecule is CC1=CC(=O)O[C@@H]2CC(CCCCCCCCC1)O[C@@](O)([C@@H]1CSC(=O)N1)C2. The molecule has 1 unspecified atom stereocenters. The van der Waals surface area contributed by atoms with E-state index in [2.05, 4.69) is 5.32 Å². The molecule has 2 saturated heterocycles. The lowest BCUT2D eigenvalue weighted by atomic mass is 9.91. The summed E-state index contributed by atoms with van der Waals surface area (Å²) in [6.07, 6.45) is 11.7. The van der Waals surface area contributed by atoms with E-state index in [0.29, 0.717) is 12.2 Å². The fraction of sp³-hybridized carbons (Fsp3) is 0.810. The van der Waals surface area contributed by atoms with Gasteiger partial charge in [0.1, 0.15) is 6.10 Å². The van der Waals surface area contributed by atoms with Crippen LogP contribution in [0.15, 0.2) is 11.6 Å². The van der Waals surface area contributed by atoms with E-state index < -0.39 is 17.9 Å². The maximum atomic E-state index is 12.4. The number of hydrogen-bond donors (Lipinski definition) is 2. The van der Waals surface area contributed by atoms with Crippen LogP contribution < -0.4 is 5.32 Å². The Balaban J connectivity index is 1.71. The Bertz CT molecular complexity index is 595. The molecule has 0 aromatic carbocycles. The number of ether oxygens (including phenoxy) is 2. The first-order valence-corrected chi connectivity index (χ1v) is 11.6. The Labute approximate surface area is 171 Å². The first-order valence-electron chi connectivity index (χ1n) is 10.7. The summed E-state index contributed by atoms with van der Waals surface area (Å²) < 4.78 is 11.8. The van der Waals surface area contributed by atoms with Crippen molar-refractivity contribution < 1.29 is 24.2 Å². The lowest BCUT2D eigenvalue weighted by Crippen LogP contribution is -2.58. The molecule has 0 aromatic rings. The third kappa shape index (κ3) is 6.22. The maximum Gasteiger partial charge on any atom is 0.330 e. The zero-order chi connectivity index (χ0) is 20.0. The van der Waals surface area contributed by atoms with Crippen molar-refractivity contribution in [3.05, 3.63) is 11.6 Å². The Morgan fingerprint density at radius 2 is 1.82 bits per heavy atom. The van der Waals surface area contributed by atoms with Crippen molar-refractivity contribution in [2.45, 2.75) is 102 Å². The van der Waals surface area contributed by atoms with Crippen molar-refractivity contribution in [1.29, 1.82) is 0 Å². The monoisotopic (exact) mass is 411 g/mol. The molecule has 3 heterocycles. The maximum absolute atomic E-state index is 12.4. The molecule has 28 heavy (non-hydrogen) atoms. The second kappa shape index (κ2) is 10.1. The highest BCUT2D eigenvalue weighted by Crippen LogP contribution is 2.36. The second-order valence-electron chi connectivity index (χ2n) is 8.38. The van der Waals surface area contributed by atoms with Crippen LogP contribution in [0, 0.1) is 0 Å². The number of rotatable bonds is 1. The number of aliphatic hydroxyl groups is 1. The predicted molar refractivity (Wildman–Crippen MR) is 109 cm³/mol. The summed E-state index contributed by atoms with van der Waals surface area (Å²) in [6.45, 7) is 1.97. The first-order chi connectivity index (χ1) is 13.4. The van der Waals surface area contributed by atoms with Gasteiger partial charge in [-0.15, -0.1) is 0 Å². The van der Waals surface area contributed by atoms with Gasteiger partial charge in [-0.2, -0.15) is 0 Å². The van der Waals surface area contributed by atoms with Crippen LogP contribution in [-0.2, 0) is 14.3 Å². The number of carbonyl (C=O) groups is 2. The molecule has 0 radical (unpaired) electrons. The summed E-state index contributed by atoms with van der Waals surface area (Å²) in [7, 11) is 0. The van der Waals surface area contributed by atoms with Gasteiger partial charge in [0, 0.05) is 24.7 Å². The highest BCUT2D eigenvalue weighted by Gasteiger charge is 2.49. The molecule has 2 N–H and O–H groups in total. The van der Waals surface area contributed by atoms with Gasteiger partial charge in [-0.3, -0.25) is 4.79 Å². The number of hydrogen-bond acceptors (Lipinski definition) is 6. The number of fused-ring (bicyclic) bond motifs is 2. The van der Waals surface area contributed by atoms with E-state index in [1.54, 1.807) is 6.08 Å². The number of nitrogens with one attached hydrogen (secondary N) is 1. The smallest absolute Gasteiger partial charge is 0.330 e.